The SMILES string of the molecule is COc1ccc(Nc2nc(NCCOCCOCCNC(=O)c3ccccc3)nc(NCc3ccccc3F)n2)cc1OC. The van der Waals surface area contributed by atoms with Gasteiger partial charge in [0.05, 0.1) is 40.6 Å². The minimum absolute atomic E-state index is 0.137. The predicted octanol–water partition coefficient (Wildman–Crippen LogP) is 4.26. The summed E-state index contributed by atoms with van der Waals surface area (Å²) in [6.07, 6.45) is 0. The molecule has 232 valence electrons. The summed E-state index contributed by atoms with van der Waals surface area (Å²) in [6.45, 7) is 2.52. The fourth-order valence-electron chi connectivity index (χ4n) is 3.93. The van der Waals surface area contributed by atoms with Gasteiger partial charge in [-0.2, -0.15) is 15.0 Å². The van der Waals surface area contributed by atoms with Crippen molar-refractivity contribution in [3.8, 4) is 11.5 Å². The first-order valence-corrected chi connectivity index (χ1v) is 14.0. The van der Waals surface area contributed by atoms with Crippen molar-refractivity contribution in [3.05, 3.63) is 89.7 Å². The lowest BCUT2D eigenvalue weighted by Gasteiger charge is -2.13. The van der Waals surface area contributed by atoms with E-state index in [4.69, 9.17) is 18.9 Å². The van der Waals surface area contributed by atoms with Crippen LogP contribution in [0.15, 0.2) is 72.8 Å². The number of methoxy groups -OCH3 is 2. The predicted molar refractivity (Wildman–Crippen MR) is 165 cm³/mol. The maximum Gasteiger partial charge on any atom is 0.251 e. The van der Waals surface area contributed by atoms with Gasteiger partial charge >= 0.3 is 0 Å². The summed E-state index contributed by atoms with van der Waals surface area (Å²) in [6, 6.07) is 20.8. The van der Waals surface area contributed by atoms with E-state index >= 15 is 0 Å². The summed E-state index contributed by atoms with van der Waals surface area (Å²) in [5, 5.41) is 12.1. The Bertz CT molecular complexity index is 1480. The van der Waals surface area contributed by atoms with Crippen LogP contribution in [-0.4, -0.2) is 74.6 Å². The van der Waals surface area contributed by atoms with Gasteiger partial charge in [0.15, 0.2) is 11.5 Å². The molecule has 0 spiro atoms. The molecule has 4 rings (SSSR count). The number of hydrogen-bond acceptors (Lipinski definition) is 11. The van der Waals surface area contributed by atoms with Crippen molar-refractivity contribution in [3.63, 3.8) is 0 Å². The summed E-state index contributed by atoms with van der Waals surface area (Å²) in [7, 11) is 3.12. The lowest BCUT2D eigenvalue weighted by Crippen LogP contribution is -2.27. The number of carbonyl (C=O) groups excluding carboxylic acids is 1. The summed E-state index contributed by atoms with van der Waals surface area (Å²) < 4.78 is 36.0. The molecule has 0 atom stereocenters. The molecule has 0 fully saturated rings. The van der Waals surface area contributed by atoms with Crippen LogP contribution < -0.4 is 30.7 Å². The average Bonchev–Trinajstić information content (AvgIpc) is 3.05. The Hall–Kier alpha value is -5.01. The zero-order valence-electron chi connectivity index (χ0n) is 24.6. The maximum absolute atomic E-state index is 14.1. The number of aromatic nitrogens is 3. The third kappa shape index (κ3) is 10.1. The van der Waals surface area contributed by atoms with Gasteiger partial charge in [-0.1, -0.05) is 36.4 Å². The Labute approximate surface area is 255 Å². The second kappa shape index (κ2) is 17.2. The van der Waals surface area contributed by atoms with Crippen molar-refractivity contribution in [2.24, 2.45) is 0 Å². The minimum atomic E-state index is -0.325. The Morgan fingerprint density at radius 1 is 0.727 bits per heavy atom. The van der Waals surface area contributed by atoms with E-state index in [0.29, 0.717) is 73.8 Å². The Kier molecular flexibility index (Phi) is 12.5. The van der Waals surface area contributed by atoms with Gasteiger partial charge < -0.3 is 40.2 Å². The van der Waals surface area contributed by atoms with Gasteiger partial charge in [-0.25, -0.2) is 4.39 Å². The molecular weight excluding hydrogens is 569 g/mol. The van der Waals surface area contributed by atoms with Gasteiger partial charge in [0, 0.05) is 42.5 Å². The minimum Gasteiger partial charge on any atom is -0.493 e. The second-order valence-corrected chi connectivity index (χ2v) is 9.22. The zero-order valence-corrected chi connectivity index (χ0v) is 24.6. The van der Waals surface area contributed by atoms with Crippen LogP contribution in [0.1, 0.15) is 15.9 Å². The number of anilines is 4. The van der Waals surface area contributed by atoms with Crippen LogP contribution >= 0.6 is 0 Å². The Balaban J connectivity index is 1.25. The summed E-state index contributed by atoms with van der Waals surface area (Å²) in [4.78, 5) is 25.3. The summed E-state index contributed by atoms with van der Waals surface area (Å²) >= 11 is 0. The van der Waals surface area contributed by atoms with Crippen LogP contribution in [0.5, 0.6) is 11.5 Å². The second-order valence-electron chi connectivity index (χ2n) is 9.22. The van der Waals surface area contributed by atoms with Crippen LogP contribution in [0.3, 0.4) is 0 Å². The molecule has 3 aromatic carbocycles. The van der Waals surface area contributed by atoms with Gasteiger partial charge in [-0.3, -0.25) is 4.79 Å². The van der Waals surface area contributed by atoms with E-state index < -0.39 is 0 Å². The quantitative estimate of drug-likeness (QED) is 0.121. The molecule has 1 aromatic heterocycles. The van der Waals surface area contributed by atoms with Gasteiger partial charge in [-0.05, 0) is 30.3 Å². The highest BCUT2D eigenvalue weighted by Crippen LogP contribution is 2.30. The van der Waals surface area contributed by atoms with Gasteiger partial charge in [0.1, 0.15) is 5.82 Å². The molecule has 0 aliphatic rings. The highest BCUT2D eigenvalue weighted by atomic mass is 19.1. The lowest BCUT2D eigenvalue weighted by molar-refractivity contribution is 0.0519. The van der Waals surface area contributed by atoms with Crippen molar-refractivity contribution in [1.29, 1.82) is 0 Å². The van der Waals surface area contributed by atoms with Gasteiger partial charge in [-0.15, -0.1) is 0 Å². The smallest absolute Gasteiger partial charge is 0.251 e. The molecule has 4 N–H and O–H groups in total. The first-order valence-electron chi connectivity index (χ1n) is 14.0. The average molecular weight is 606 g/mol. The molecule has 1 heterocycles. The molecule has 1 amide bonds. The van der Waals surface area contributed by atoms with E-state index in [2.05, 4.69) is 36.2 Å². The molecule has 0 aliphatic heterocycles. The number of nitrogens with one attached hydrogen (secondary N) is 4. The topological polar surface area (TPSA) is 141 Å². The Morgan fingerprint density at radius 3 is 2.11 bits per heavy atom. The summed E-state index contributed by atoms with van der Waals surface area (Å²) in [5.74, 6) is 1.48. The van der Waals surface area contributed by atoms with Crippen LogP contribution in [0.25, 0.3) is 0 Å². The van der Waals surface area contributed by atoms with Crippen LogP contribution in [0.2, 0.25) is 0 Å². The fraction of sp³-hybridized carbons (Fsp3) is 0.290. The van der Waals surface area contributed by atoms with E-state index in [-0.39, 0.29) is 30.2 Å². The first-order chi connectivity index (χ1) is 21.6. The number of halogens is 1. The molecule has 0 saturated carbocycles. The monoisotopic (exact) mass is 605 g/mol. The number of nitrogens with zero attached hydrogens (tertiary/aromatic N) is 3. The van der Waals surface area contributed by atoms with Crippen LogP contribution in [0, 0.1) is 5.82 Å². The largest absolute Gasteiger partial charge is 0.493 e. The number of hydrogen-bond donors (Lipinski definition) is 4. The van der Waals surface area contributed by atoms with Crippen molar-refractivity contribution >= 4 is 29.4 Å². The van der Waals surface area contributed by atoms with E-state index in [9.17, 15) is 9.18 Å². The molecule has 0 unspecified atom stereocenters. The molecule has 4 aromatic rings. The number of carbonyl (C=O) groups is 1. The fourth-order valence-corrected chi connectivity index (χ4v) is 3.93. The molecule has 12 nitrogen and oxygen atoms in total. The van der Waals surface area contributed by atoms with Crippen molar-refractivity contribution in [1.82, 2.24) is 20.3 Å². The Morgan fingerprint density at radius 2 is 1.39 bits per heavy atom. The number of benzene rings is 3. The highest BCUT2D eigenvalue weighted by molar-refractivity contribution is 5.94. The van der Waals surface area contributed by atoms with Crippen molar-refractivity contribution < 1.29 is 28.1 Å². The first kappa shape index (κ1) is 31.9. The molecule has 0 radical (unpaired) electrons. The van der Waals surface area contributed by atoms with Gasteiger partial charge in [0.25, 0.3) is 5.91 Å². The molecule has 0 saturated heterocycles. The normalized spacial score (nSPS) is 10.6. The third-order valence-corrected chi connectivity index (χ3v) is 6.14. The van der Waals surface area contributed by atoms with Gasteiger partial charge in [0.2, 0.25) is 17.8 Å². The molecule has 0 bridgehead atoms. The van der Waals surface area contributed by atoms with E-state index in [1.807, 2.05) is 18.2 Å². The highest BCUT2D eigenvalue weighted by Gasteiger charge is 2.11. The van der Waals surface area contributed by atoms with Crippen LogP contribution in [0.4, 0.5) is 27.9 Å². The van der Waals surface area contributed by atoms with Crippen LogP contribution in [-0.2, 0) is 16.0 Å². The number of ether oxygens (including phenoxy) is 4. The molecular formula is C31H36FN7O5. The van der Waals surface area contributed by atoms with E-state index in [1.165, 1.54) is 6.07 Å². The van der Waals surface area contributed by atoms with Crippen molar-refractivity contribution in [2.75, 3.05) is 69.7 Å². The zero-order chi connectivity index (χ0) is 31.0. The number of rotatable bonds is 18. The molecule has 13 heteroatoms. The van der Waals surface area contributed by atoms with Crippen molar-refractivity contribution in [2.45, 2.75) is 6.54 Å². The molecule has 44 heavy (non-hydrogen) atoms. The summed E-state index contributed by atoms with van der Waals surface area (Å²) in [5.41, 5.74) is 1.76. The third-order valence-electron chi connectivity index (χ3n) is 6.14. The lowest BCUT2D eigenvalue weighted by atomic mass is 10.2. The molecule has 0 aliphatic carbocycles. The van der Waals surface area contributed by atoms with E-state index in [0.717, 1.165) is 0 Å². The standard InChI is InChI=1S/C31H36FN7O5/c1-41-26-13-12-24(20-27(26)42-2)36-31-38-29(37-30(39-31)35-21-23-10-6-7-11-25(23)32)34-15-17-44-19-18-43-16-14-33-28(40)22-8-4-3-5-9-22/h3-13,20H,14-19,21H2,1-2H3,(H,33,40)(H3,34,35,36,37,38,39). The van der Waals surface area contributed by atoms with E-state index in [1.54, 1.807) is 62.8 Å². The number of amides is 1. The maximum atomic E-state index is 14.1.